The quantitative estimate of drug-likeness (QED) is 0.613. The zero-order valence-corrected chi connectivity index (χ0v) is 13.1. The van der Waals surface area contributed by atoms with Crippen LogP contribution in [0.4, 0.5) is 0 Å². The number of hydrogen-bond acceptors (Lipinski definition) is 5. The number of carbonyl (C=O) groups excluding carboxylic acids is 2. The highest BCUT2D eigenvalue weighted by atomic mass is 28.4. The molecule has 5 nitrogen and oxygen atoms in total. The highest BCUT2D eigenvalue weighted by Crippen LogP contribution is 2.42. The predicted octanol–water partition coefficient (Wildman–Crippen LogP) is 1.40. The Morgan fingerprint density at radius 2 is 1.89 bits per heavy atom. The maximum Gasteiger partial charge on any atom is 0.339 e. The summed E-state index contributed by atoms with van der Waals surface area (Å²) in [6.07, 6.45) is -1.47. The molecule has 2 bridgehead atoms. The molecule has 6 heteroatoms. The third-order valence-corrected chi connectivity index (χ3v) is 9.04. The summed E-state index contributed by atoms with van der Waals surface area (Å²) in [6.45, 7) is 10.3. The van der Waals surface area contributed by atoms with Crippen LogP contribution in [-0.4, -0.2) is 43.0 Å². The first-order valence-corrected chi connectivity index (χ1v) is 9.52. The van der Waals surface area contributed by atoms with Crippen molar-refractivity contribution < 1.29 is 23.9 Å². The van der Waals surface area contributed by atoms with E-state index in [9.17, 15) is 14.7 Å². The second-order valence-electron chi connectivity index (χ2n) is 7.10. The summed E-state index contributed by atoms with van der Waals surface area (Å²) >= 11 is 0. The van der Waals surface area contributed by atoms with E-state index >= 15 is 0 Å². The molecule has 0 amide bonds. The van der Waals surface area contributed by atoms with Gasteiger partial charge in [0, 0.05) is 12.8 Å². The summed E-state index contributed by atoms with van der Waals surface area (Å²) in [5, 5.41) is 10.2. The number of aliphatic hydroxyl groups is 1. The molecular weight excluding hydrogens is 264 g/mol. The normalized spacial score (nSPS) is 35.5. The Morgan fingerprint density at radius 3 is 2.42 bits per heavy atom. The zero-order valence-electron chi connectivity index (χ0n) is 12.1. The van der Waals surface area contributed by atoms with Gasteiger partial charge in [-0.15, -0.1) is 0 Å². The molecular formula is C13H22O5Si. The molecule has 108 valence electrons. The van der Waals surface area contributed by atoms with Gasteiger partial charge in [-0.05, 0) is 18.1 Å². The summed E-state index contributed by atoms with van der Waals surface area (Å²) < 4.78 is 11.0. The summed E-state index contributed by atoms with van der Waals surface area (Å²) in [7, 11) is -2.12. The molecule has 0 unspecified atom stereocenters. The monoisotopic (exact) mass is 286 g/mol. The average molecular weight is 286 g/mol. The smallest absolute Gasteiger partial charge is 0.339 e. The number of ether oxygens (including phenoxy) is 1. The van der Waals surface area contributed by atoms with Crippen LogP contribution in [0.2, 0.25) is 18.1 Å². The Balaban J connectivity index is 2.19. The number of carbonyl (C=O) groups is 2. The number of hydrogen-bond donors (Lipinski definition) is 1. The predicted molar refractivity (Wildman–Crippen MR) is 71.1 cm³/mol. The van der Waals surface area contributed by atoms with Crippen LogP contribution in [0.15, 0.2) is 0 Å². The number of fused-ring (bicyclic) bond motifs is 2. The lowest BCUT2D eigenvalue weighted by Crippen LogP contribution is -2.53. The first-order valence-electron chi connectivity index (χ1n) is 6.61. The van der Waals surface area contributed by atoms with Gasteiger partial charge in [0.05, 0.1) is 0 Å². The van der Waals surface area contributed by atoms with Crippen molar-refractivity contribution in [2.45, 2.75) is 69.6 Å². The van der Waals surface area contributed by atoms with Gasteiger partial charge in [0.2, 0.25) is 5.78 Å². The van der Waals surface area contributed by atoms with Crippen molar-refractivity contribution >= 4 is 20.1 Å². The molecule has 1 N–H and O–H groups in total. The van der Waals surface area contributed by atoms with Gasteiger partial charge in [-0.1, -0.05) is 20.8 Å². The second-order valence-corrected chi connectivity index (χ2v) is 11.9. The van der Waals surface area contributed by atoms with Crippen molar-refractivity contribution in [2.75, 3.05) is 0 Å². The van der Waals surface area contributed by atoms with Crippen LogP contribution >= 0.6 is 0 Å². The molecule has 1 saturated heterocycles. The van der Waals surface area contributed by atoms with E-state index in [-0.39, 0.29) is 23.7 Å². The first-order chi connectivity index (χ1) is 8.46. The summed E-state index contributed by atoms with van der Waals surface area (Å²) in [5.74, 6) is -0.896. The lowest BCUT2D eigenvalue weighted by molar-refractivity contribution is -0.154. The molecule has 1 heterocycles. The molecule has 0 radical (unpaired) electrons. The van der Waals surface area contributed by atoms with Crippen molar-refractivity contribution in [3.8, 4) is 0 Å². The highest BCUT2D eigenvalue weighted by molar-refractivity contribution is 6.74. The van der Waals surface area contributed by atoms with Gasteiger partial charge >= 0.3 is 5.97 Å². The number of rotatable bonds is 2. The van der Waals surface area contributed by atoms with E-state index in [1.807, 2.05) is 13.1 Å². The van der Waals surface area contributed by atoms with Crippen molar-refractivity contribution in [2.24, 2.45) is 0 Å². The van der Waals surface area contributed by atoms with E-state index < -0.39 is 32.1 Å². The molecule has 0 spiro atoms. The standard InChI is InChI=1S/C13H22O5Si/c1-12(2,3)19(4,5)18-9-7-13(16)6-8(10(9)14)17-11(13)15/h8-9,16H,6-7H2,1-5H3/t8-,9-,13-/m1/s1. The van der Waals surface area contributed by atoms with E-state index in [2.05, 4.69) is 20.8 Å². The molecule has 0 aromatic heterocycles. The maximum absolute atomic E-state index is 12.2. The SMILES string of the molecule is CC(C)(C)[Si](C)(C)O[C@@H]1C[C@]2(O)C[C@@H](OC2=O)C1=O. The van der Waals surface area contributed by atoms with Gasteiger partial charge in [0.25, 0.3) is 0 Å². The maximum atomic E-state index is 12.2. The zero-order chi connectivity index (χ0) is 14.6. The largest absolute Gasteiger partial charge is 0.452 e. The number of ketones is 1. The average Bonchev–Trinajstić information content (AvgIpc) is 2.46. The van der Waals surface area contributed by atoms with Gasteiger partial charge < -0.3 is 14.3 Å². The molecule has 0 aromatic rings. The Bertz CT molecular complexity index is 425. The van der Waals surface area contributed by atoms with Crippen LogP contribution in [0.1, 0.15) is 33.6 Å². The van der Waals surface area contributed by atoms with Gasteiger partial charge in [0.15, 0.2) is 20.0 Å². The lowest BCUT2D eigenvalue weighted by Gasteiger charge is -2.40. The second kappa shape index (κ2) is 4.13. The Kier molecular flexibility index (Phi) is 3.19. The third-order valence-electron chi connectivity index (χ3n) is 4.55. The molecule has 1 aliphatic heterocycles. The lowest BCUT2D eigenvalue weighted by atomic mass is 9.83. The van der Waals surface area contributed by atoms with E-state index in [0.29, 0.717) is 0 Å². The molecule has 2 aliphatic rings. The van der Waals surface area contributed by atoms with E-state index in [4.69, 9.17) is 9.16 Å². The fourth-order valence-electron chi connectivity index (χ4n) is 2.24. The highest BCUT2D eigenvalue weighted by Gasteiger charge is 2.59. The van der Waals surface area contributed by atoms with Crippen molar-refractivity contribution in [1.82, 2.24) is 0 Å². The molecule has 1 saturated carbocycles. The van der Waals surface area contributed by atoms with Crippen LogP contribution in [-0.2, 0) is 18.8 Å². The molecule has 0 aromatic carbocycles. The minimum atomic E-state index is -2.12. The van der Waals surface area contributed by atoms with Crippen molar-refractivity contribution in [3.63, 3.8) is 0 Å². The summed E-state index contributed by atoms with van der Waals surface area (Å²) in [6, 6.07) is 0. The van der Waals surface area contributed by atoms with Crippen molar-refractivity contribution in [3.05, 3.63) is 0 Å². The Morgan fingerprint density at radius 1 is 1.32 bits per heavy atom. The number of esters is 1. The molecule has 2 rings (SSSR count). The van der Waals surface area contributed by atoms with E-state index in [1.54, 1.807) is 0 Å². The van der Waals surface area contributed by atoms with Gasteiger partial charge in [-0.25, -0.2) is 4.79 Å². The minimum absolute atomic E-state index is 0.0215. The van der Waals surface area contributed by atoms with Crippen LogP contribution < -0.4 is 0 Å². The molecule has 3 atom stereocenters. The van der Waals surface area contributed by atoms with Crippen molar-refractivity contribution in [1.29, 1.82) is 0 Å². The summed E-state index contributed by atoms with van der Waals surface area (Å²) in [4.78, 5) is 23.7. The fraction of sp³-hybridized carbons (Fsp3) is 0.846. The van der Waals surface area contributed by atoms with Crippen LogP contribution in [0.5, 0.6) is 0 Å². The van der Waals surface area contributed by atoms with E-state index in [1.165, 1.54) is 0 Å². The van der Waals surface area contributed by atoms with Crippen LogP contribution in [0.25, 0.3) is 0 Å². The molecule has 19 heavy (non-hydrogen) atoms. The van der Waals surface area contributed by atoms with Gasteiger partial charge in [-0.3, -0.25) is 4.79 Å². The third kappa shape index (κ3) is 2.37. The Hall–Kier alpha value is -0.723. The van der Waals surface area contributed by atoms with Gasteiger partial charge in [0.1, 0.15) is 6.10 Å². The van der Waals surface area contributed by atoms with Crippen LogP contribution in [0, 0.1) is 0 Å². The minimum Gasteiger partial charge on any atom is -0.452 e. The first kappa shape index (κ1) is 14.7. The van der Waals surface area contributed by atoms with E-state index in [0.717, 1.165) is 0 Å². The summed E-state index contributed by atoms with van der Waals surface area (Å²) in [5.41, 5.74) is -1.54. The Labute approximate surface area is 114 Å². The van der Waals surface area contributed by atoms with Gasteiger partial charge in [-0.2, -0.15) is 0 Å². The van der Waals surface area contributed by atoms with Crippen LogP contribution in [0.3, 0.4) is 0 Å². The topological polar surface area (TPSA) is 72.8 Å². The fourth-order valence-corrected chi connectivity index (χ4v) is 3.51. The molecule has 2 fully saturated rings. The molecule has 1 aliphatic carbocycles. The number of Topliss-reactive ketones (excluding diaryl/α,β-unsaturated/α-hetero) is 1.